The standard InChI is InChI=1S/C15H18N2O6/c1-15(12(18)19)7-11(8-17(15)14(21)22)16-13(20)23-9-10-5-3-2-4-6-10/h2-6,11H,7-9H2,1H3,(H,16,20)(H,18,19)(H,21,22)/t11-,15-/m0/s1. The van der Waals surface area contributed by atoms with Gasteiger partial charge in [-0.15, -0.1) is 0 Å². The Labute approximate surface area is 132 Å². The Morgan fingerprint density at radius 3 is 2.48 bits per heavy atom. The molecular formula is C15H18N2O6. The van der Waals surface area contributed by atoms with Crippen molar-refractivity contribution in [2.45, 2.75) is 31.5 Å². The summed E-state index contributed by atoms with van der Waals surface area (Å²) in [4.78, 5) is 35.1. The van der Waals surface area contributed by atoms with E-state index in [9.17, 15) is 19.5 Å². The number of carboxylic acids is 1. The van der Waals surface area contributed by atoms with E-state index in [-0.39, 0.29) is 19.6 Å². The highest BCUT2D eigenvalue weighted by molar-refractivity contribution is 5.84. The maximum absolute atomic E-state index is 11.8. The monoisotopic (exact) mass is 322 g/mol. The van der Waals surface area contributed by atoms with Gasteiger partial charge in [-0.1, -0.05) is 30.3 Å². The minimum absolute atomic E-state index is 0.0188. The van der Waals surface area contributed by atoms with Gasteiger partial charge < -0.3 is 20.3 Å². The molecule has 0 aliphatic carbocycles. The first-order chi connectivity index (χ1) is 10.8. The van der Waals surface area contributed by atoms with Crippen LogP contribution in [-0.4, -0.2) is 51.4 Å². The lowest BCUT2D eigenvalue weighted by molar-refractivity contribution is -0.147. The Morgan fingerprint density at radius 2 is 1.96 bits per heavy atom. The summed E-state index contributed by atoms with van der Waals surface area (Å²) in [5.41, 5.74) is -0.750. The topological polar surface area (TPSA) is 116 Å². The van der Waals surface area contributed by atoms with Crippen molar-refractivity contribution >= 4 is 18.2 Å². The van der Waals surface area contributed by atoms with Gasteiger partial charge in [-0.25, -0.2) is 14.4 Å². The van der Waals surface area contributed by atoms with Crippen molar-refractivity contribution in [1.29, 1.82) is 0 Å². The molecule has 0 spiro atoms. The Kier molecular flexibility index (Phi) is 4.73. The number of hydrogen-bond donors (Lipinski definition) is 3. The third-order valence-corrected chi connectivity index (χ3v) is 3.87. The molecule has 1 aliphatic rings. The van der Waals surface area contributed by atoms with Crippen molar-refractivity contribution in [3.63, 3.8) is 0 Å². The van der Waals surface area contributed by atoms with Crippen LogP contribution in [0.2, 0.25) is 0 Å². The third kappa shape index (κ3) is 3.71. The molecule has 8 heteroatoms. The van der Waals surface area contributed by atoms with E-state index < -0.39 is 29.7 Å². The van der Waals surface area contributed by atoms with Gasteiger partial charge >= 0.3 is 18.2 Å². The van der Waals surface area contributed by atoms with Crippen molar-refractivity contribution in [2.24, 2.45) is 0 Å². The van der Waals surface area contributed by atoms with Crippen molar-refractivity contribution in [3.05, 3.63) is 35.9 Å². The molecule has 1 aromatic carbocycles. The first kappa shape index (κ1) is 16.6. The molecule has 8 nitrogen and oxygen atoms in total. The molecule has 0 saturated carbocycles. The Bertz CT molecular complexity index is 605. The molecular weight excluding hydrogens is 304 g/mol. The fourth-order valence-corrected chi connectivity index (χ4v) is 2.60. The van der Waals surface area contributed by atoms with Crippen molar-refractivity contribution in [2.75, 3.05) is 6.54 Å². The third-order valence-electron chi connectivity index (χ3n) is 3.87. The van der Waals surface area contributed by atoms with Crippen LogP contribution in [0.3, 0.4) is 0 Å². The fraction of sp³-hybridized carbons (Fsp3) is 0.400. The molecule has 1 aliphatic heterocycles. The van der Waals surface area contributed by atoms with E-state index in [1.165, 1.54) is 6.92 Å². The first-order valence-corrected chi connectivity index (χ1v) is 7.04. The zero-order valence-electron chi connectivity index (χ0n) is 12.6. The number of hydrogen-bond acceptors (Lipinski definition) is 4. The number of carbonyl (C=O) groups is 3. The van der Waals surface area contributed by atoms with Gasteiger partial charge in [0.25, 0.3) is 0 Å². The molecule has 1 heterocycles. The van der Waals surface area contributed by atoms with Crippen LogP contribution in [0.5, 0.6) is 0 Å². The molecule has 23 heavy (non-hydrogen) atoms. The number of alkyl carbamates (subject to hydrolysis) is 1. The minimum Gasteiger partial charge on any atom is -0.480 e. The number of carboxylic acid groups (broad SMARTS) is 2. The van der Waals surface area contributed by atoms with Gasteiger partial charge in [-0.05, 0) is 12.5 Å². The molecule has 0 radical (unpaired) electrons. The number of nitrogens with one attached hydrogen (secondary N) is 1. The van der Waals surface area contributed by atoms with Crippen molar-refractivity contribution in [1.82, 2.24) is 10.2 Å². The summed E-state index contributed by atoms with van der Waals surface area (Å²) < 4.78 is 5.05. The van der Waals surface area contributed by atoms with Crippen LogP contribution >= 0.6 is 0 Å². The number of ether oxygens (including phenoxy) is 1. The van der Waals surface area contributed by atoms with Gasteiger partial charge in [0, 0.05) is 13.0 Å². The quantitative estimate of drug-likeness (QED) is 0.773. The van der Waals surface area contributed by atoms with Crippen LogP contribution < -0.4 is 5.32 Å². The van der Waals surface area contributed by atoms with E-state index in [1.54, 1.807) is 12.1 Å². The van der Waals surface area contributed by atoms with Crippen molar-refractivity contribution in [3.8, 4) is 0 Å². The Morgan fingerprint density at radius 1 is 1.30 bits per heavy atom. The number of amides is 2. The molecule has 0 aromatic heterocycles. The van der Waals surface area contributed by atoms with Crippen LogP contribution in [0, 0.1) is 0 Å². The number of nitrogens with zero attached hydrogens (tertiary/aromatic N) is 1. The SMILES string of the molecule is C[C@@]1(C(=O)O)C[C@H](NC(=O)OCc2ccccc2)CN1C(=O)O. The van der Waals surface area contributed by atoms with E-state index in [0.29, 0.717) is 0 Å². The van der Waals surface area contributed by atoms with E-state index in [0.717, 1.165) is 10.5 Å². The smallest absolute Gasteiger partial charge is 0.408 e. The Balaban J connectivity index is 1.92. The van der Waals surface area contributed by atoms with Gasteiger partial charge in [0.05, 0.1) is 6.04 Å². The zero-order chi connectivity index (χ0) is 17.0. The molecule has 3 N–H and O–H groups in total. The number of rotatable bonds is 4. The summed E-state index contributed by atoms with van der Waals surface area (Å²) in [5.74, 6) is -1.25. The molecule has 2 rings (SSSR count). The molecule has 1 saturated heterocycles. The van der Waals surface area contributed by atoms with Crippen LogP contribution in [-0.2, 0) is 16.1 Å². The highest BCUT2D eigenvalue weighted by Crippen LogP contribution is 2.29. The second-order valence-corrected chi connectivity index (χ2v) is 5.58. The van der Waals surface area contributed by atoms with Crippen molar-refractivity contribution < 1.29 is 29.3 Å². The van der Waals surface area contributed by atoms with E-state index in [4.69, 9.17) is 9.84 Å². The normalized spacial score (nSPS) is 23.3. The summed E-state index contributed by atoms with van der Waals surface area (Å²) in [6.07, 6.45) is -2.06. The molecule has 0 bridgehead atoms. The van der Waals surface area contributed by atoms with Crippen LogP contribution in [0.4, 0.5) is 9.59 Å². The lowest BCUT2D eigenvalue weighted by Gasteiger charge is -2.27. The number of benzene rings is 1. The highest BCUT2D eigenvalue weighted by Gasteiger charge is 2.50. The number of carbonyl (C=O) groups excluding carboxylic acids is 1. The van der Waals surface area contributed by atoms with E-state index in [2.05, 4.69) is 5.32 Å². The van der Waals surface area contributed by atoms with Gasteiger partial charge in [-0.2, -0.15) is 0 Å². The summed E-state index contributed by atoms with van der Waals surface area (Å²) in [6.45, 7) is 1.30. The molecule has 1 fully saturated rings. The number of aliphatic carboxylic acids is 1. The largest absolute Gasteiger partial charge is 0.480 e. The second kappa shape index (κ2) is 6.55. The second-order valence-electron chi connectivity index (χ2n) is 5.58. The van der Waals surface area contributed by atoms with E-state index in [1.807, 2.05) is 18.2 Å². The maximum Gasteiger partial charge on any atom is 0.408 e. The molecule has 2 amide bonds. The molecule has 0 unspecified atom stereocenters. The lowest BCUT2D eigenvalue weighted by Crippen LogP contribution is -2.50. The van der Waals surface area contributed by atoms with Gasteiger partial charge in [0.1, 0.15) is 12.1 Å². The number of likely N-dealkylation sites (tertiary alicyclic amines) is 1. The Hall–Kier alpha value is -2.77. The van der Waals surface area contributed by atoms with Crippen LogP contribution in [0.15, 0.2) is 30.3 Å². The van der Waals surface area contributed by atoms with Gasteiger partial charge in [0.2, 0.25) is 0 Å². The summed E-state index contributed by atoms with van der Waals surface area (Å²) in [5, 5.41) is 20.9. The summed E-state index contributed by atoms with van der Waals surface area (Å²) >= 11 is 0. The predicted octanol–water partition coefficient (Wildman–Crippen LogP) is 1.51. The van der Waals surface area contributed by atoms with Gasteiger partial charge in [-0.3, -0.25) is 4.90 Å². The molecule has 1 aromatic rings. The van der Waals surface area contributed by atoms with Gasteiger partial charge in [0.15, 0.2) is 0 Å². The minimum atomic E-state index is -1.57. The summed E-state index contributed by atoms with van der Waals surface area (Å²) in [7, 11) is 0. The highest BCUT2D eigenvalue weighted by atomic mass is 16.5. The first-order valence-electron chi connectivity index (χ1n) is 7.04. The average molecular weight is 322 g/mol. The zero-order valence-corrected chi connectivity index (χ0v) is 12.6. The summed E-state index contributed by atoms with van der Waals surface area (Å²) in [6, 6.07) is 8.46. The fourth-order valence-electron chi connectivity index (χ4n) is 2.60. The van der Waals surface area contributed by atoms with Crippen LogP contribution in [0.1, 0.15) is 18.9 Å². The lowest BCUT2D eigenvalue weighted by atomic mass is 9.98. The molecule has 124 valence electrons. The molecule has 2 atom stereocenters. The predicted molar refractivity (Wildman–Crippen MR) is 78.9 cm³/mol. The van der Waals surface area contributed by atoms with Crippen LogP contribution in [0.25, 0.3) is 0 Å². The maximum atomic E-state index is 11.8. The average Bonchev–Trinajstić information content (AvgIpc) is 2.84. The van der Waals surface area contributed by atoms with E-state index >= 15 is 0 Å².